The maximum absolute atomic E-state index is 6.62. The zero-order chi connectivity index (χ0) is 76.0. The van der Waals surface area contributed by atoms with Crippen molar-refractivity contribution in [2.45, 2.75) is 193 Å². The maximum Gasteiger partial charge on any atom is 0.495 e. The predicted molar refractivity (Wildman–Crippen MR) is 463 cm³/mol. The smallest absolute Gasteiger partial charge is 0.399 e. The van der Waals surface area contributed by atoms with Crippen molar-refractivity contribution in [1.82, 2.24) is 18.3 Å². The van der Waals surface area contributed by atoms with Crippen molar-refractivity contribution in [3.05, 3.63) is 288 Å². The summed E-state index contributed by atoms with van der Waals surface area (Å²) in [6, 6.07) is 74.5. The maximum atomic E-state index is 6.62. The van der Waals surface area contributed by atoms with Gasteiger partial charge in [-0.2, -0.15) is 0 Å². The number of benzene rings is 12. The van der Waals surface area contributed by atoms with E-state index in [2.05, 4.69) is 367 Å². The summed E-state index contributed by atoms with van der Waals surface area (Å²) in [5.74, 6) is 0. The lowest BCUT2D eigenvalue weighted by Gasteiger charge is -2.45. The van der Waals surface area contributed by atoms with E-state index in [0.29, 0.717) is 0 Å². The molecular formula is C102H92BBrN4O2. The van der Waals surface area contributed by atoms with Crippen LogP contribution in [0.15, 0.2) is 199 Å². The van der Waals surface area contributed by atoms with Crippen molar-refractivity contribution in [2.24, 2.45) is 0 Å². The Morgan fingerprint density at radius 3 is 0.727 bits per heavy atom. The molecule has 1 fully saturated rings. The van der Waals surface area contributed by atoms with Crippen molar-refractivity contribution in [3.63, 3.8) is 0 Å². The van der Waals surface area contributed by atoms with E-state index in [-0.39, 0.29) is 54.5 Å². The molecule has 0 unspecified atom stereocenters. The normalized spacial score (nSPS) is 19.6. The van der Waals surface area contributed by atoms with Crippen molar-refractivity contribution in [1.29, 1.82) is 0 Å². The summed E-state index contributed by atoms with van der Waals surface area (Å²) in [6.45, 7) is 47.2. The molecule has 6 nitrogen and oxygen atoms in total. The number of hydrogen-bond acceptors (Lipinski definition) is 2. The first kappa shape index (κ1) is 66.1. The third-order valence-electron chi connectivity index (χ3n) is 30.2. The van der Waals surface area contributed by atoms with Crippen LogP contribution in [0.2, 0.25) is 0 Å². The Balaban J connectivity index is 0.000000105. The van der Waals surface area contributed by atoms with Crippen LogP contribution < -0.4 is 5.46 Å². The molecule has 0 bridgehead atoms. The Morgan fingerprint density at radius 2 is 0.445 bits per heavy atom. The summed E-state index contributed by atoms with van der Waals surface area (Å²) >= 11 is 3.89. The molecule has 9 aliphatic rings. The van der Waals surface area contributed by atoms with E-state index in [4.69, 9.17) is 9.31 Å². The first-order valence-electron chi connectivity index (χ1n) is 40.1. The van der Waals surface area contributed by atoms with Gasteiger partial charge < -0.3 is 27.6 Å². The molecule has 25 rings (SSSR count). The number of aromatic nitrogens is 4. The van der Waals surface area contributed by atoms with E-state index < -0.39 is 7.12 Å². The molecule has 4 aromatic heterocycles. The van der Waals surface area contributed by atoms with Gasteiger partial charge in [0.2, 0.25) is 0 Å². The van der Waals surface area contributed by atoms with Gasteiger partial charge in [-0.1, -0.05) is 315 Å². The summed E-state index contributed by atoms with van der Waals surface area (Å²) in [4.78, 5) is 0. The van der Waals surface area contributed by atoms with Crippen molar-refractivity contribution >= 4 is 116 Å². The number of para-hydroxylation sites is 8. The number of nitrogens with zero attached hydrogens (tertiary/aromatic N) is 4. The molecule has 0 spiro atoms. The van der Waals surface area contributed by atoms with Crippen molar-refractivity contribution in [3.8, 4) is 33.9 Å². The molecule has 0 N–H and O–H groups in total. The molecule has 1 saturated heterocycles. The van der Waals surface area contributed by atoms with E-state index in [9.17, 15) is 0 Å². The van der Waals surface area contributed by atoms with Gasteiger partial charge in [0.25, 0.3) is 0 Å². The number of rotatable bonds is 2. The average Bonchev–Trinajstić information content (AvgIpc) is 1.25. The Bertz CT molecular complexity index is 6810. The topological polar surface area (TPSA) is 38.2 Å². The van der Waals surface area contributed by atoms with Crippen LogP contribution in [0.4, 0.5) is 0 Å². The molecule has 16 aromatic rings. The first-order chi connectivity index (χ1) is 52.1. The van der Waals surface area contributed by atoms with Crippen LogP contribution in [0.5, 0.6) is 0 Å². The van der Waals surface area contributed by atoms with Crippen LogP contribution in [0, 0.1) is 0 Å². The molecule has 9 aliphatic heterocycles. The lowest BCUT2D eigenvalue weighted by molar-refractivity contribution is 0.00578. The molecule has 542 valence electrons. The van der Waals surface area contributed by atoms with E-state index >= 15 is 0 Å². The Hall–Kier alpha value is -9.70. The van der Waals surface area contributed by atoms with Crippen LogP contribution in [-0.2, 0) is 52.6 Å². The fourth-order valence-corrected chi connectivity index (χ4v) is 24.8. The monoisotopic (exact) mass is 1490 g/mol. The SMILES string of the molecule is CC1(C)c2ccc(-c3ccc4c5c3C(C)(C)c3cccc6c7cccc(c7n-5c36)C4(C)C)c3c2-n2c4c1cccc4c1cccc(c12)C3(C)C.CC1(C)c2ccc(B3OC(C)(C)C(C)(C)O3)c3c2-n2c4c1cccc4c1cccc(c12)C3(C)C.CC1(C)c2ccc(Br)c3c2-n2c4c1cccc4c1cccc(c12)C3(C)C. The molecular weight excluding hydrogens is 1400 g/mol. The number of fused-ring (bicyclic) bond motifs is 4. The summed E-state index contributed by atoms with van der Waals surface area (Å²) in [7, 11) is -0.392. The highest BCUT2D eigenvalue weighted by Crippen LogP contribution is 2.64. The Morgan fingerprint density at radius 1 is 0.227 bits per heavy atom. The van der Waals surface area contributed by atoms with E-state index in [1.165, 1.54) is 215 Å². The molecule has 12 aromatic carbocycles. The van der Waals surface area contributed by atoms with Crippen molar-refractivity contribution in [2.75, 3.05) is 0 Å². The average molecular weight is 1500 g/mol. The van der Waals surface area contributed by atoms with Crippen LogP contribution in [0.25, 0.3) is 121 Å². The Labute approximate surface area is 653 Å². The minimum absolute atomic E-state index is 0.0117. The molecule has 8 heteroatoms. The van der Waals surface area contributed by atoms with Gasteiger partial charge in [-0.05, 0) is 134 Å². The zero-order valence-corrected chi connectivity index (χ0v) is 68.6. The third-order valence-corrected chi connectivity index (χ3v) is 30.9. The van der Waals surface area contributed by atoms with Gasteiger partial charge >= 0.3 is 7.12 Å². The largest absolute Gasteiger partial charge is 0.495 e. The number of hydrogen-bond donors (Lipinski definition) is 0. The minimum atomic E-state index is -0.392. The second kappa shape index (κ2) is 20.0. The highest BCUT2D eigenvalue weighted by Gasteiger charge is 2.56. The van der Waals surface area contributed by atoms with E-state index in [1.54, 1.807) is 0 Å². The fourth-order valence-electron chi connectivity index (χ4n) is 23.9. The number of halogens is 1. The lowest BCUT2D eigenvalue weighted by atomic mass is 9.62. The van der Waals surface area contributed by atoms with E-state index in [1.807, 2.05) is 0 Å². The van der Waals surface area contributed by atoms with Crippen LogP contribution in [0.3, 0.4) is 0 Å². The standard InChI is InChI=1S/C48H40N2.C30H32BNO2.C24H20BrN/c1-45(2)31-17-9-13-27-29-15-11-19-33-41(29)49(39(27)31)43-35(45)23-21-25(37(43)47(33,5)6)26-22-24-36-44-38(26)48(7,8)34-20-12-16-30-28-14-10-18-32(46(36,3)4)40(28)50(44)42(30)34;1-27(2)19-13-9-11-17-18-12-10-14-20-25(18)32(24(17)19)26-21(27)15-16-22(23(26)28(20,3)4)31-33-29(5,6)30(7,8)34-31;1-23(2)15-9-5-7-13-14-8-6-10-16-21(14)26(20(13)15)22-17(23)11-12-18(25)19(22)24(16,3)4/h9-24H,1-8H3;9-16H,1-8H3;5-12H,1-4H3. The molecule has 0 amide bonds. The lowest BCUT2D eigenvalue weighted by Crippen LogP contribution is -2.45. The highest BCUT2D eigenvalue weighted by atomic mass is 79.9. The molecule has 13 heterocycles. The van der Waals surface area contributed by atoms with Gasteiger partial charge in [0, 0.05) is 96.4 Å². The second-order valence-electron chi connectivity index (χ2n) is 39.1. The Kier molecular flexibility index (Phi) is 12.0. The quantitative estimate of drug-likeness (QED) is 0.162. The summed E-state index contributed by atoms with van der Waals surface area (Å²) < 4.78 is 24.9. The molecule has 0 aliphatic carbocycles. The van der Waals surface area contributed by atoms with Gasteiger partial charge in [-0.3, -0.25) is 0 Å². The predicted octanol–water partition coefficient (Wildman–Crippen LogP) is 25.3. The van der Waals surface area contributed by atoms with Gasteiger partial charge in [-0.15, -0.1) is 0 Å². The minimum Gasteiger partial charge on any atom is -0.399 e. The van der Waals surface area contributed by atoms with Gasteiger partial charge in [-0.25, -0.2) is 0 Å². The summed E-state index contributed by atoms with van der Waals surface area (Å²) in [5.41, 5.74) is 41.3. The summed E-state index contributed by atoms with van der Waals surface area (Å²) in [6.07, 6.45) is 0. The zero-order valence-electron chi connectivity index (χ0n) is 67.0. The fraction of sp³-hybridized carbons (Fsp3) is 0.294. The highest BCUT2D eigenvalue weighted by molar-refractivity contribution is 9.10. The molecule has 0 saturated carbocycles. The van der Waals surface area contributed by atoms with Crippen LogP contribution in [0.1, 0.15) is 227 Å². The molecule has 0 radical (unpaired) electrons. The van der Waals surface area contributed by atoms with Gasteiger partial charge in [0.1, 0.15) is 0 Å². The first-order valence-corrected chi connectivity index (χ1v) is 40.9. The van der Waals surface area contributed by atoms with Crippen LogP contribution >= 0.6 is 15.9 Å². The summed E-state index contributed by atoms with van der Waals surface area (Å²) in [5, 5.41) is 10.9. The van der Waals surface area contributed by atoms with Crippen molar-refractivity contribution < 1.29 is 9.31 Å². The molecule has 110 heavy (non-hydrogen) atoms. The van der Waals surface area contributed by atoms with Crippen LogP contribution in [-0.4, -0.2) is 36.6 Å². The molecule has 0 atom stereocenters. The van der Waals surface area contributed by atoms with E-state index in [0.717, 1.165) is 5.46 Å². The van der Waals surface area contributed by atoms with Gasteiger partial charge in [0.15, 0.2) is 0 Å². The third kappa shape index (κ3) is 7.29. The second-order valence-corrected chi connectivity index (χ2v) is 39.9. The van der Waals surface area contributed by atoms with Gasteiger partial charge in [0.05, 0.1) is 78.1 Å².